The van der Waals surface area contributed by atoms with Crippen LogP contribution < -0.4 is 10.2 Å². The average molecular weight is 446 g/mol. The molecule has 7 rings (SSSR count). The van der Waals surface area contributed by atoms with Crippen LogP contribution in [0.15, 0.2) is 72.9 Å². The zero-order valence-corrected chi connectivity index (χ0v) is 18.5. The molecule has 1 aliphatic rings. The molecule has 3 aromatic heterocycles. The summed E-state index contributed by atoms with van der Waals surface area (Å²) in [6.45, 7) is 4.09. The van der Waals surface area contributed by atoms with Crippen molar-refractivity contribution in [3.8, 4) is 22.9 Å². The second kappa shape index (κ2) is 7.67. The van der Waals surface area contributed by atoms with Crippen LogP contribution in [0.1, 0.15) is 0 Å². The third kappa shape index (κ3) is 3.29. The van der Waals surface area contributed by atoms with Crippen LogP contribution in [0.2, 0.25) is 0 Å². The van der Waals surface area contributed by atoms with E-state index in [2.05, 4.69) is 73.7 Å². The smallest absolute Gasteiger partial charge is 0.157 e. The molecule has 1 fully saturated rings. The van der Waals surface area contributed by atoms with E-state index < -0.39 is 0 Å². The predicted octanol–water partition coefficient (Wildman–Crippen LogP) is 4.73. The normalized spacial score (nSPS) is 14.4. The standard InChI is InChI=1S/C27H23N7/c1-2-4-19-16-29-25(13-17(19)3-1)27-31-21-7-5-18(14-23(21)33-27)26-30-22-8-6-20(15-24(22)32-26)34-11-9-28-10-12-34/h1-8,13-16,28H,9-12H2,(H,30,32)(H,31,33). The number of imidazole rings is 2. The monoisotopic (exact) mass is 445 g/mol. The van der Waals surface area contributed by atoms with Crippen LogP contribution in [0.4, 0.5) is 5.69 Å². The van der Waals surface area contributed by atoms with Crippen LogP contribution in [0.3, 0.4) is 0 Å². The lowest BCUT2D eigenvalue weighted by atomic mass is 10.1. The number of H-pyrrole nitrogens is 2. The lowest BCUT2D eigenvalue weighted by Crippen LogP contribution is -2.43. The van der Waals surface area contributed by atoms with Gasteiger partial charge >= 0.3 is 0 Å². The van der Waals surface area contributed by atoms with E-state index in [0.717, 1.165) is 81.9 Å². The number of anilines is 1. The Balaban J connectivity index is 1.24. The molecule has 0 unspecified atom stereocenters. The molecule has 3 aromatic carbocycles. The summed E-state index contributed by atoms with van der Waals surface area (Å²) in [5.74, 6) is 1.62. The van der Waals surface area contributed by atoms with Crippen molar-refractivity contribution in [1.29, 1.82) is 0 Å². The number of piperazine rings is 1. The van der Waals surface area contributed by atoms with Gasteiger partial charge < -0.3 is 20.2 Å². The fourth-order valence-electron chi connectivity index (χ4n) is 4.75. The molecule has 166 valence electrons. The van der Waals surface area contributed by atoms with Gasteiger partial charge in [0.1, 0.15) is 11.5 Å². The van der Waals surface area contributed by atoms with Crippen molar-refractivity contribution >= 4 is 38.5 Å². The van der Waals surface area contributed by atoms with Crippen molar-refractivity contribution in [1.82, 2.24) is 30.2 Å². The number of aromatic amines is 2. The van der Waals surface area contributed by atoms with Crippen molar-refractivity contribution in [3.63, 3.8) is 0 Å². The fourth-order valence-corrected chi connectivity index (χ4v) is 4.75. The lowest BCUT2D eigenvalue weighted by Gasteiger charge is -2.29. The fraction of sp³-hybridized carbons (Fsp3) is 0.148. The molecule has 0 bridgehead atoms. The maximum absolute atomic E-state index is 4.84. The molecule has 1 aliphatic heterocycles. The highest BCUT2D eigenvalue weighted by atomic mass is 15.2. The van der Waals surface area contributed by atoms with Crippen molar-refractivity contribution in [3.05, 3.63) is 72.9 Å². The van der Waals surface area contributed by atoms with Gasteiger partial charge in [-0.3, -0.25) is 4.98 Å². The van der Waals surface area contributed by atoms with Gasteiger partial charge in [-0.15, -0.1) is 0 Å². The van der Waals surface area contributed by atoms with Crippen LogP contribution in [-0.2, 0) is 0 Å². The minimum absolute atomic E-state index is 0.767. The zero-order chi connectivity index (χ0) is 22.5. The molecule has 34 heavy (non-hydrogen) atoms. The number of benzene rings is 3. The van der Waals surface area contributed by atoms with Crippen molar-refractivity contribution in [2.75, 3.05) is 31.1 Å². The number of hydrogen-bond donors (Lipinski definition) is 3. The van der Waals surface area contributed by atoms with Gasteiger partial charge in [-0.2, -0.15) is 0 Å². The Labute approximate surface area is 195 Å². The summed E-state index contributed by atoms with van der Waals surface area (Å²) in [6, 6.07) is 23.0. The van der Waals surface area contributed by atoms with Crippen molar-refractivity contribution in [2.24, 2.45) is 0 Å². The highest BCUT2D eigenvalue weighted by Crippen LogP contribution is 2.28. The Morgan fingerprint density at radius 3 is 2.32 bits per heavy atom. The van der Waals surface area contributed by atoms with E-state index in [-0.39, 0.29) is 0 Å². The van der Waals surface area contributed by atoms with E-state index in [1.54, 1.807) is 0 Å². The minimum Gasteiger partial charge on any atom is -0.369 e. The molecule has 0 radical (unpaired) electrons. The van der Waals surface area contributed by atoms with Crippen molar-refractivity contribution < 1.29 is 0 Å². The van der Waals surface area contributed by atoms with Gasteiger partial charge in [0, 0.05) is 49.0 Å². The Morgan fingerprint density at radius 2 is 1.44 bits per heavy atom. The van der Waals surface area contributed by atoms with Gasteiger partial charge in [0.15, 0.2) is 5.82 Å². The summed E-state index contributed by atoms with van der Waals surface area (Å²) >= 11 is 0. The summed E-state index contributed by atoms with van der Waals surface area (Å²) in [5, 5.41) is 5.68. The number of nitrogens with zero attached hydrogens (tertiary/aromatic N) is 4. The molecule has 0 saturated carbocycles. The second-order valence-electron chi connectivity index (χ2n) is 8.76. The number of aromatic nitrogens is 5. The average Bonchev–Trinajstić information content (AvgIpc) is 3.52. The number of hydrogen-bond acceptors (Lipinski definition) is 5. The van der Waals surface area contributed by atoms with Crippen LogP contribution in [0.25, 0.3) is 55.7 Å². The molecule has 0 spiro atoms. The Morgan fingerprint density at radius 1 is 0.706 bits per heavy atom. The van der Waals surface area contributed by atoms with Gasteiger partial charge in [0.25, 0.3) is 0 Å². The second-order valence-corrected chi connectivity index (χ2v) is 8.76. The number of pyridine rings is 1. The third-order valence-electron chi connectivity index (χ3n) is 6.58. The van der Waals surface area contributed by atoms with Gasteiger partial charge in [0.2, 0.25) is 0 Å². The summed E-state index contributed by atoms with van der Waals surface area (Å²) < 4.78 is 0. The lowest BCUT2D eigenvalue weighted by molar-refractivity contribution is 0.589. The first kappa shape index (κ1) is 19.3. The van der Waals surface area contributed by atoms with E-state index in [9.17, 15) is 0 Å². The SMILES string of the molecule is c1ccc2cc(-c3nc4ccc(-c5nc6ccc(N7CCNCC7)cc6[nH]5)cc4[nH]3)ncc2c1. The zero-order valence-electron chi connectivity index (χ0n) is 18.5. The maximum Gasteiger partial charge on any atom is 0.157 e. The molecule has 0 aliphatic carbocycles. The molecule has 0 amide bonds. The Bertz CT molecular complexity index is 1660. The van der Waals surface area contributed by atoms with Crippen LogP contribution in [0, 0.1) is 0 Å². The van der Waals surface area contributed by atoms with Crippen LogP contribution >= 0.6 is 0 Å². The quantitative estimate of drug-likeness (QED) is 0.367. The van der Waals surface area contributed by atoms with E-state index in [4.69, 9.17) is 9.97 Å². The molecule has 7 heteroatoms. The summed E-state index contributed by atoms with van der Waals surface area (Å²) in [6.07, 6.45) is 1.90. The molecular weight excluding hydrogens is 422 g/mol. The van der Waals surface area contributed by atoms with E-state index in [1.165, 1.54) is 5.69 Å². The molecule has 4 heterocycles. The molecule has 6 aromatic rings. The van der Waals surface area contributed by atoms with Crippen molar-refractivity contribution in [2.45, 2.75) is 0 Å². The van der Waals surface area contributed by atoms with Gasteiger partial charge in [0.05, 0.1) is 22.1 Å². The topological polar surface area (TPSA) is 85.5 Å². The number of fused-ring (bicyclic) bond motifs is 3. The highest BCUT2D eigenvalue weighted by molar-refractivity contribution is 5.88. The highest BCUT2D eigenvalue weighted by Gasteiger charge is 2.14. The van der Waals surface area contributed by atoms with Crippen LogP contribution in [0.5, 0.6) is 0 Å². The first-order chi connectivity index (χ1) is 16.8. The molecule has 0 atom stereocenters. The molecular formula is C27H23N7. The van der Waals surface area contributed by atoms with E-state index in [0.29, 0.717) is 0 Å². The predicted molar refractivity (Wildman–Crippen MR) is 137 cm³/mol. The summed E-state index contributed by atoms with van der Waals surface area (Å²) in [4.78, 5) is 23.6. The van der Waals surface area contributed by atoms with E-state index >= 15 is 0 Å². The first-order valence-corrected chi connectivity index (χ1v) is 11.6. The molecule has 7 nitrogen and oxygen atoms in total. The Hall–Kier alpha value is -4.23. The molecule has 1 saturated heterocycles. The summed E-state index contributed by atoms with van der Waals surface area (Å²) in [5.41, 5.74) is 6.99. The number of nitrogens with one attached hydrogen (secondary N) is 3. The van der Waals surface area contributed by atoms with Gasteiger partial charge in [-0.05, 0) is 47.9 Å². The van der Waals surface area contributed by atoms with E-state index in [1.807, 2.05) is 24.4 Å². The number of rotatable bonds is 3. The summed E-state index contributed by atoms with van der Waals surface area (Å²) in [7, 11) is 0. The van der Waals surface area contributed by atoms with Gasteiger partial charge in [-0.25, -0.2) is 9.97 Å². The third-order valence-corrected chi connectivity index (χ3v) is 6.58. The Kier molecular flexibility index (Phi) is 4.35. The van der Waals surface area contributed by atoms with Crippen LogP contribution in [-0.4, -0.2) is 51.1 Å². The maximum atomic E-state index is 4.84. The largest absolute Gasteiger partial charge is 0.369 e. The van der Waals surface area contributed by atoms with Gasteiger partial charge in [-0.1, -0.05) is 24.3 Å². The molecule has 3 N–H and O–H groups in total. The minimum atomic E-state index is 0.767. The first-order valence-electron chi connectivity index (χ1n) is 11.6.